The molecule has 104 valence electrons. The highest BCUT2D eigenvalue weighted by atomic mass is 19.1. The molecule has 0 spiro atoms. The van der Waals surface area contributed by atoms with Crippen LogP contribution in [0, 0.1) is 15.9 Å². The number of nitro benzene ring substituents is 1. The molecule has 0 N–H and O–H groups in total. The number of nitro groups is 1. The van der Waals surface area contributed by atoms with E-state index in [4.69, 9.17) is 4.74 Å². The van der Waals surface area contributed by atoms with Crippen molar-refractivity contribution in [3.05, 3.63) is 34.1 Å². The van der Waals surface area contributed by atoms with Gasteiger partial charge in [-0.25, -0.2) is 4.39 Å². The van der Waals surface area contributed by atoms with E-state index in [2.05, 4.69) is 4.90 Å². The molecule has 0 amide bonds. The monoisotopic (exact) mass is 268 g/mol. The third-order valence-electron chi connectivity index (χ3n) is 3.19. The number of benzene rings is 1. The Kier molecular flexibility index (Phi) is 4.68. The summed E-state index contributed by atoms with van der Waals surface area (Å²) in [7, 11) is 0. The van der Waals surface area contributed by atoms with Gasteiger partial charge < -0.3 is 4.74 Å². The smallest absolute Gasteiger partial charge is 0.276 e. The normalized spacial score (nSPS) is 16.3. The van der Waals surface area contributed by atoms with Crippen molar-refractivity contribution in [3.63, 3.8) is 0 Å². The molecule has 19 heavy (non-hydrogen) atoms. The fraction of sp³-hybridized carbons (Fsp3) is 0.538. The van der Waals surface area contributed by atoms with Gasteiger partial charge in [-0.05, 0) is 25.9 Å². The summed E-state index contributed by atoms with van der Waals surface area (Å²) in [6, 6.07) is 3.31. The van der Waals surface area contributed by atoms with Gasteiger partial charge in [0.25, 0.3) is 5.69 Å². The highest BCUT2D eigenvalue weighted by Crippen LogP contribution is 2.21. The standard InChI is InChI=1S/C13H17FN2O3/c14-11-8-12(16(17)18)10-13(9-11)19-7-6-15-4-2-1-3-5-15/h8-10H,1-7H2. The fourth-order valence-corrected chi connectivity index (χ4v) is 2.21. The molecule has 0 bridgehead atoms. The number of nitrogens with zero attached hydrogens (tertiary/aromatic N) is 2. The molecule has 0 aliphatic carbocycles. The number of halogens is 1. The van der Waals surface area contributed by atoms with Gasteiger partial charge in [0.05, 0.1) is 17.1 Å². The van der Waals surface area contributed by atoms with Crippen LogP contribution in [0.25, 0.3) is 0 Å². The van der Waals surface area contributed by atoms with Gasteiger partial charge >= 0.3 is 0 Å². The second-order valence-electron chi connectivity index (χ2n) is 4.65. The van der Waals surface area contributed by atoms with Gasteiger partial charge in [0.2, 0.25) is 0 Å². The Morgan fingerprint density at radius 2 is 2.00 bits per heavy atom. The lowest BCUT2D eigenvalue weighted by Crippen LogP contribution is -2.33. The molecule has 1 aromatic carbocycles. The summed E-state index contributed by atoms with van der Waals surface area (Å²) in [5, 5.41) is 10.6. The minimum Gasteiger partial charge on any atom is -0.492 e. The summed E-state index contributed by atoms with van der Waals surface area (Å²) in [6.45, 7) is 3.31. The zero-order valence-corrected chi connectivity index (χ0v) is 10.7. The van der Waals surface area contributed by atoms with Crippen LogP contribution in [0.3, 0.4) is 0 Å². The SMILES string of the molecule is O=[N+]([O-])c1cc(F)cc(OCCN2CCCCC2)c1. The zero-order chi connectivity index (χ0) is 13.7. The number of hydrogen-bond donors (Lipinski definition) is 0. The van der Waals surface area contributed by atoms with Gasteiger partial charge in [0.1, 0.15) is 18.2 Å². The molecule has 1 heterocycles. The number of piperidine rings is 1. The third kappa shape index (κ3) is 4.17. The van der Waals surface area contributed by atoms with E-state index in [1.807, 2.05) is 0 Å². The van der Waals surface area contributed by atoms with Crippen LogP contribution in [-0.4, -0.2) is 36.1 Å². The fourth-order valence-electron chi connectivity index (χ4n) is 2.21. The minimum atomic E-state index is -0.651. The highest BCUT2D eigenvalue weighted by Gasteiger charge is 2.12. The van der Waals surface area contributed by atoms with Gasteiger partial charge in [-0.3, -0.25) is 15.0 Å². The van der Waals surface area contributed by atoms with E-state index in [1.165, 1.54) is 31.4 Å². The number of rotatable bonds is 5. The maximum atomic E-state index is 13.2. The van der Waals surface area contributed by atoms with Crippen LogP contribution in [-0.2, 0) is 0 Å². The second kappa shape index (κ2) is 6.47. The molecular formula is C13H17FN2O3. The summed E-state index contributed by atoms with van der Waals surface area (Å²) < 4.78 is 18.6. The predicted molar refractivity (Wildman–Crippen MR) is 68.8 cm³/mol. The average Bonchev–Trinajstić information content (AvgIpc) is 2.39. The van der Waals surface area contributed by atoms with Gasteiger partial charge in [-0.1, -0.05) is 6.42 Å². The number of ether oxygens (including phenoxy) is 1. The summed E-state index contributed by atoms with van der Waals surface area (Å²) >= 11 is 0. The van der Waals surface area contributed by atoms with Gasteiger partial charge in [-0.15, -0.1) is 0 Å². The van der Waals surface area contributed by atoms with E-state index in [0.717, 1.165) is 25.7 Å². The van der Waals surface area contributed by atoms with Crippen LogP contribution < -0.4 is 4.74 Å². The van der Waals surface area contributed by atoms with Crippen LogP contribution in [0.4, 0.5) is 10.1 Å². The molecule has 0 unspecified atom stereocenters. The number of hydrogen-bond acceptors (Lipinski definition) is 4. The summed E-state index contributed by atoms with van der Waals surface area (Å²) in [6.07, 6.45) is 3.67. The molecule has 0 radical (unpaired) electrons. The van der Waals surface area contributed by atoms with E-state index in [0.29, 0.717) is 6.61 Å². The average molecular weight is 268 g/mol. The Morgan fingerprint density at radius 3 is 2.68 bits per heavy atom. The lowest BCUT2D eigenvalue weighted by atomic mass is 10.1. The lowest BCUT2D eigenvalue weighted by Gasteiger charge is -2.26. The molecule has 1 aliphatic heterocycles. The van der Waals surface area contributed by atoms with Crippen molar-refractivity contribution < 1.29 is 14.1 Å². The first-order valence-electron chi connectivity index (χ1n) is 6.45. The highest BCUT2D eigenvalue weighted by molar-refractivity contribution is 5.38. The predicted octanol–water partition coefficient (Wildman–Crippen LogP) is 2.60. The Labute approximate surface area is 111 Å². The summed E-state index contributed by atoms with van der Waals surface area (Å²) in [5.41, 5.74) is -0.284. The Hall–Kier alpha value is -1.69. The zero-order valence-electron chi connectivity index (χ0n) is 10.7. The molecule has 1 aliphatic rings. The molecular weight excluding hydrogens is 251 g/mol. The molecule has 0 aromatic heterocycles. The molecule has 2 rings (SSSR count). The van der Waals surface area contributed by atoms with Crippen molar-refractivity contribution in [3.8, 4) is 5.75 Å². The summed E-state index contributed by atoms with van der Waals surface area (Å²) in [4.78, 5) is 12.3. The van der Waals surface area contributed by atoms with Crippen molar-refractivity contribution in [2.45, 2.75) is 19.3 Å². The van der Waals surface area contributed by atoms with E-state index < -0.39 is 10.7 Å². The van der Waals surface area contributed by atoms with E-state index in [9.17, 15) is 14.5 Å². The summed E-state index contributed by atoms with van der Waals surface area (Å²) in [5.74, 6) is -0.439. The van der Waals surface area contributed by atoms with Crippen molar-refractivity contribution in [2.75, 3.05) is 26.2 Å². The topological polar surface area (TPSA) is 55.6 Å². The Balaban J connectivity index is 1.86. The van der Waals surface area contributed by atoms with Crippen LogP contribution >= 0.6 is 0 Å². The van der Waals surface area contributed by atoms with Crippen molar-refractivity contribution in [1.82, 2.24) is 4.90 Å². The van der Waals surface area contributed by atoms with E-state index in [-0.39, 0.29) is 11.4 Å². The van der Waals surface area contributed by atoms with Crippen molar-refractivity contribution in [2.24, 2.45) is 0 Å². The molecule has 1 saturated heterocycles. The van der Waals surface area contributed by atoms with Crippen LogP contribution in [0.15, 0.2) is 18.2 Å². The minimum absolute atomic E-state index is 0.212. The Bertz CT molecular complexity index is 448. The maximum absolute atomic E-state index is 13.2. The van der Waals surface area contributed by atoms with Crippen LogP contribution in [0.5, 0.6) is 5.75 Å². The van der Waals surface area contributed by atoms with Gasteiger partial charge in [0, 0.05) is 12.6 Å². The van der Waals surface area contributed by atoms with Crippen molar-refractivity contribution in [1.29, 1.82) is 0 Å². The lowest BCUT2D eigenvalue weighted by molar-refractivity contribution is -0.385. The third-order valence-corrected chi connectivity index (χ3v) is 3.19. The molecule has 1 fully saturated rings. The van der Waals surface area contributed by atoms with Crippen LogP contribution in [0.1, 0.15) is 19.3 Å². The van der Waals surface area contributed by atoms with Gasteiger partial charge in [0.15, 0.2) is 0 Å². The molecule has 0 saturated carbocycles. The quantitative estimate of drug-likeness (QED) is 0.608. The molecule has 5 nitrogen and oxygen atoms in total. The molecule has 0 atom stereocenters. The molecule has 6 heteroatoms. The van der Waals surface area contributed by atoms with Crippen LogP contribution in [0.2, 0.25) is 0 Å². The van der Waals surface area contributed by atoms with Crippen molar-refractivity contribution >= 4 is 5.69 Å². The second-order valence-corrected chi connectivity index (χ2v) is 4.65. The number of non-ortho nitro benzene ring substituents is 1. The maximum Gasteiger partial charge on any atom is 0.276 e. The Morgan fingerprint density at radius 1 is 1.26 bits per heavy atom. The molecule has 1 aromatic rings. The number of likely N-dealkylation sites (tertiary alicyclic amines) is 1. The van der Waals surface area contributed by atoms with Gasteiger partial charge in [-0.2, -0.15) is 0 Å². The first-order chi connectivity index (χ1) is 9.15. The first kappa shape index (κ1) is 13.7. The van der Waals surface area contributed by atoms with E-state index >= 15 is 0 Å². The first-order valence-corrected chi connectivity index (χ1v) is 6.45. The largest absolute Gasteiger partial charge is 0.492 e. The van der Waals surface area contributed by atoms with E-state index in [1.54, 1.807) is 0 Å².